The molecule has 0 aromatic heterocycles. The van der Waals surface area contributed by atoms with Gasteiger partial charge >= 0.3 is 5.97 Å². The van der Waals surface area contributed by atoms with Crippen LogP contribution in [0.25, 0.3) is 0 Å². The largest absolute Gasteiger partial charge is 0.481 e. The fourth-order valence-corrected chi connectivity index (χ4v) is 3.75. The molecule has 1 heterocycles. The molecule has 5 nitrogen and oxygen atoms in total. The highest BCUT2D eigenvalue weighted by molar-refractivity contribution is 6.33. The monoisotopic (exact) mass is 386 g/mol. The molecule has 1 N–H and O–H groups in total. The quantitative estimate of drug-likeness (QED) is 0.822. The Morgan fingerprint density at radius 1 is 0.963 bits per heavy atom. The molecular formula is C21H23ClN2O3. The van der Waals surface area contributed by atoms with Crippen LogP contribution in [0.3, 0.4) is 0 Å². The Kier molecular flexibility index (Phi) is 6.48. The lowest BCUT2D eigenvalue weighted by molar-refractivity contribution is -0.137. The Bertz CT molecular complexity index is 789. The molecule has 0 saturated carbocycles. The van der Waals surface area contributed by atoms with Crippen LogP contribution in [0.5, 0.6) is 0 Å². The number of hydrogen-bond donors (Lipinski definition) is 1. The van der Waals surface area contributed by atoms with Crippen LogP contribution >= 0.6 is 11.6 Å². The third-order valence-corrected chi connectivity index (χ3v) is 5.29. The zero-order chi connectivity index (χ0) is 19.2. The number of halogens is 1. The Hall–Kier alpha value is -2.37. The van der Waals surface area contributed by atoms with Gasteiger partial charge in [-0.25, -0.2) is 0 Å². The van der Waals surface area contributed by atoms with Gasteiger partial charge in [0.25, 0.3) is 5.91 Å². The molecule has 0 bridgehead atoms. The highest BCUT2D eigenvalue weighted by Crippen LogP contribution is 2.27. The lowest BCUT2D eigenvalue weighted by Gasteiger charge is -2.39. The third kappa shape index (κ3) is 4.87. The summed E-state index contributed by atoms with van der Waals surface area (Å²) in [6.07, 6.45) is 0.677. The van der Waals surface area contributed by atoms with Gasteiger partial charge in [-0.3, -0.25) is 14.5 Å². The number of nitrogens with zero attached hydrogens (tertiary/aromatic N) is 2. The maximum atomic E-state index is 12.7. The molecule has 1 fully saturated rings. The molecule has 0 unspecified atom stereocenters. The van der Waals surface area contributed by atoms with Gasteiger partial charge in [-0.05, 0) is 24.1 Å². The smallest absolute Gasteiger partial charge is 0.303 e. The van der Waals surface area contributed by atoms with E-state index in [1.807, 2.05) is 47.4 Å². The van der Waals surface area contributed by atoms with Crippen LogP contribution in [0.15, 0.2) is 54.6 Å². The average molecular weight is 387 g/mol. The van der Waals surface area contributed by atoms with Gasteiger partial charge in [-0.1, -0.05) is 54.1 Å². The zero-order valence-electron chi connectivity index (χ0n) is 15.1. The van der Waals surface area contributed by atoms with Crippen LogP contribution < -0.4 is 0 Å². The number of carbonyl (C=O) groups excluding carboxylic acids is 1. The molecule has 1 amide bonds. The predicted octanol–water partition coefficient (Wildman–Crippen LogP) is 3.70. The minimum atomic E-state index is -0.788. The van der Waals surface area contributed by atoms with Crippen LogP contribution in [-0.2, 0) is 4.79 Å². The molecule has 1 atom stereocenters. The van der Waals surface area contributed by atoms with Crippen LogP contribution in [0, 0.1) is 0 Å². The molecule has 1 aliphatic heterocycles. The topological polar surface area (TPSA) is 60.9 Å². The molecular weight excluding hydrogens is 364 g/mol. The minimum Gasteiger partial charge on any atom is -0.481 e. The van der Waals surface area contributed by atoms with E-state index in [1.54, 1.807) is 12.1 Å². The first kappa shape index (κ1) is 19.4. The van der Waals surface area contributed by atoms with Crippen LogP contribution in [0.4, 0.5) is 0 Å². The molecule has 2 aromatic carbocycles. The number of hydrogen-bond acceptors (Lipinski definition) is 3. The van der Waals surface area contributed by atoms with Crippen molar-refractivity contribution in [1.82, 2.24) is 9.80 Å². The van der Waals surface area contributed by atoms with E-state index in [2.05, 4.69) is 4.90 Å². The van der Waals surface area contributed by atoms with Crippen molar-refractivity contribution in [3.63, 3.8) is 0 Å². The Morgan fingerprint density at radius 2 is 1.59 bits per heavy atom. The zero-order valence-corrected chi connectivity index (χ0v) is 15.8. The van der Waals surface area contributed by atoms with Crippen molar-refractivity contribution in [2.45, 2.75) is 18.9 Å². The number of piperazine rings is 1. The van der Waals surface area contributed by atoms with E-state index in [0.717, 1.165) is 5.56 Å². The number of aliphatic carboxylic acids is 1. The van der Waals surface area contributed by atoms with E-state index in [1.165, 1.54) is 0 Å². The van der Waals surface area contributed by atoms with Crippen LogP contribution in [0.2, 0.25) is 5.02 Å². The fourth-order valence-electron chi connectivity index (χ4n) is 3.54. The van der Waals surface area contributed by atoms with E-state index in [9.17, 15) is 9.59 Å². The summed E-state index contributed by atoms with van der Waals surface area (Å²) in [4.78, 5) is 27.9. The van der Waals surface area contributed by atoms with Gasteiger partial charge in [-0.2, -0.15) is 0 Å². The number of carboxylic acid groups (broad SMARTS) is 1. The van der Waals surface area contributed by atoms with Crippen molar-refractivity contribution in [1.29, 1.82) is 0 Å². The van der Waals surface area contributed by atoms with E-state index < -0.39 is 5.97 Å². The SMILES string of the molecule is O=C(O)CC[C@@H](c1ccccc1)N1CCN(C(=O)c2ccccc2Cl)CC1. The summed E-state index contributed by atoms with van der Waals surface area (Å²) in [5.74, 6) is -0.842. The number of amides is 1. The van der Waals surface area contributed by atoms with Gasteiger partial charge in [-0.15, -0.1) is 0 Å². The van der Waals surface area contributed by atoms with Gasteiger partial charge in [0.15, 0.2) is 0 Å². The number of rotatable bonds is 6. The molecule has 1 aliphatic rings. The second kappa shape index (κ2) is 9.02. The minimum absolute atomic E-state index is 0.0415. The van der Waals surface area contributed by atoms with E-state index in [-0.39, 0.29) is 18.4 Å². The first-order chi connectivity index (χ1) is 13.1. The Balaban J connectivity index is 1.67. The predicted molar refractivity (Wildman–Crippen MR) is 105 cm³/mol. The summed E-state index contributed by atoms with van der Waals surface area (Å²) in [7, 11) is 0. The van der Waals surface area contributed by atoms with Crippen molar-refractivity contribution in [2.75, 3.05) is 26.2 Å². The number of benzene rings is 2. The third-order valence-electron chi connectivity index (χ3n) is 4.96. The average Bonchev–Trinajstić information content (AvgIpc) is 2.69. The maximum absolute atomic E-state index is 12.7. The first-order valence-electron chi connectivity index (χ1n) is 9.11. The van der Waals surface area contributed by atoms with Crippen molar-refractivity contribution < 1.29 is 14.7 Å². The molecule has 142 valence electrons. The van der Waals surface area contributed by atoms with E-state index in [4.69, 9.17) is 16.7 Å². The van der Waals surface area contributed by atoms with Crippen LogP contribution in [-0.4, -0.2) is 53.0 Å². The molecule has 6 heteroatoms. The van der Waals surface area contributed by atoms with Gasteiger partial charge in [0.2, 0.25) is 0 Å². The van der Waals surface area contributed by atoms with Gasteiger partial charge in [0.05, 0.1) is 10.6 Å². The summed E-state index contributed by atoms with van der Waals surface area (Å²) >= 11 is 6.15. The molecule has 27 heavy (non-hydrogen) atoms. The molecule has 2 aromatic rings. The van der Waals surface area contributed by atoms with Crippen molar-refractivity contribution in [3.05, 3.63) is 70.7 Å². The summed E-state index contributed by atoms with van der Waals surface area (Å²) in [5.41, 5.74) is 1.64. The normalized spacial score (nSPS) is 16.1. The van der Waals surface area contributed by atoms with Gasteiger partial charge in [0, 0.05) is 38.6 Å². The van der Waals surface area contributed by atoms with Crippen molar-refractivity contribution in [2.24, 2.45) is 0 Å². The number of carbonyl (C=O) groups is 2. The lowest BCUT2D eigenvalue weighted by atomic mass is 9.99. The lowest BCUT2D eigenvalue weighted by Crippen LogP contribution is -2.49. The van der Waals surface area contributed by atoms with Crippen molar-refractivity contribution >= 4 is 23.5 Å². The summed E-state index contributed by atoms with van der Waals surface area (Å²) in [6, 6.07) is 17.1. The summed E-state index contributed by atoms with van der Waals surface area (Å²) in [6.45, 7) is 2.60. The first-order valence-corrected chi connectivity index (χ1v) is 9.48. The molecule has 3 rings (SSSR count). The fraction of sp³-hybridized carbons (Fsp3) is 0.333. The summed E-state index contributed by atoms with van der Waals surface area (Å²) in [5, 5.41) is 9.56. The molecule has 1 saturated heterocycles. The molecule has 0 spiro atoms. The summed E-state index contributed by atoms with van der Waals surface area (Å²) < 4.78 is 0. The van der Waals surface area contributed by atoms with Crippen LogP contribution in [0.1, 0.15) is 34.8 Å². The highest BCUT2D eigenvalue weighted by Gasteiger charge is 2.28. The number of carboxylic acids is 1. The van der Waals surface area contributed by atoms with Gasteiger partial charge in [0.1, 0.15) is 0 Å². The Labute approximate surface area is 164 Å². The standard InChI is InChI=1S/C21H23ClN2O3/c22-18-9-5-4-8-17(18)21(27)24-14-12-23(13-15-24)19(10-11-20(25)26)16-6-2-1-3-7-16/h1-9,19H,10-15H2,(H,25,26)/t19-/m0/s1. The van der Waals surface area contributed by atoms with Gasteiger partial charge < -0.3 is 10.0 Å². The second-order valence-electron chi connectivity index (χ2n) is 6.67. The van der Waals surface area contributed by atoms with E-state index in [0.29, 0.717) is 43.2 Å². The molecule has 0 aliphatic carbocycles. The van der Waals surface area contributed by atoms with E-state index >= 15 is 0 Å². The van der Waals surface area contributed by atoms with Crippen molar-refractivity contribution in [3.8, 4) is 0 Å². The maximum Gasteiger partial charge on any atom is 0.303 e. The Morgan fingerprint density at radius 3 is 2.22 bits per heavy atom. The molecule has 0 radical (unpaired) electrons. The highest BCUT2D eigenvalue weighted by atomic mass is 35.5. The second-order valence-corrected chi connectivity index (χ2v) is 7.07.